The highest BCUT2D eigenvalue weighted by Gasteiger charge is 2.05. The lowest BCUT2D eigenvalue weighted by molar-refractivity contribution is 0.0542. The van der Waals surface area contributed by atoms with Crippen molar-refractivity contribution in [1.82, 2.24) is 5.32 Å². The van der Waals surface area contributed by atoms with E-state index in [0.717, 1.165) is 36.6 Å². The highest BCUT2D eigenvalue weighted by molar-refractivity contribution is 5.40. The van der Waals surface area contributed by atoms with Gasteiger partial charge in [0.2, 0.25) is 0 Å². The van der Waals surface area contributed by atoms with Gasteiger partial charge in [0.1, 0.15) is 18.1 Å². The third-order valence-corrected chi connectivity index (χ3v) is 2.93. The molecule has 0 atom stereocenters. The van der Waals surface area contributed by atoms with Crippen molar-refractivity contribution in [1.29, 1.82) is 0 Å². The van der Waals surface area contributed by atoms with Crippen molar-refractivity contribution < 1.29 is 18.9 Å². The quantitative estimate of drug-likeness (QED) is 0.600. The number of nitrogens with one attached hydrogen (secondary N) is 1. The fraction of sp³-hybridized carbons (Fsp3) is 0.625. The molecule has 0 saturated heterocycles. The molecule has 0 amide bonds. The molecule has 0 aliphatic carbocycles. The van der Waals surface area contributed by atoms with Crippen LogP contribution < -0.4 is 14.8 Å². The fourth-order valence-corrected chi connectivity index (χ4v) is 1.82. The van der Waals surface area contributed by atoms with Gasteiger partial charge in [-0.15, -0.1) is 0 Å². The molecule has 0 aliphatic rings. The summed E-state index contributed by atoms with van der Waals surface area (Å²) in [5.41, 5.74) is 1.10. The maximum absolute atomic E-state index is 5.79. The van der Waals surface area contributed by atoms with Crippen molar-refractivity contribution in [2.24, 2.45) is 0 Å². The molecule has 0 heterocycles. The standard InChI is InChI=1S/C16H27NO4/c1-4-7-17-13-14-12-15(19-3)5-6-16(14)21-11-10-20-9-8-18-2/h5-6,12,17H,4,7-11,13H2,1-3H3. The smallest absolute Gasteiger partial charge is 0.124 e. The Morgan fingerprint density at radius 1 is 1.05 bits per heavy atom. The van der Waals surface area contributed by atoms with E-state index in [9.17, 15) is 0 Å². The lowest BCUT2D eigenvalue weighted by Crippen LogP contribution is -2.16. The molecule has 0 aromatic heterocycles. The van der Waals surface area contributed by atoms with Gasteiger partial charge in [0.05, 0.1) is 26.9 Å². The third-order valence-electron chi connectivity index (χ3n) is 2.93. The van der Waals surface area contributed by atoms with Crippen molar-refractivity contribution in [3.8, 4) is 11.5 Å². The van der Waals surface area contributed by atoms with Crippen LogP contribution >= 0.6 is 0 Å². The molecule has 0 unspecified atom stereocenters. The van der Waals surface area contributed by atoms with Gasteiger partial charge in [0.15, 0.2) is 0 Å². The van der Waals surface area contributed by atoms with Gasteiger partial charge in [-0.05, 0) is 31.2 Å². The lowest BCUT2D eigenvalue weighted by atomic mass is 10.2. The summed E-state index contributed by atoms with van der Waals surface area (Å²) in [5, 5.41) is 3.38. The Labute approximate surface area is 127 Å². The van der Waals surface area contributed by atoms with Crippen LogP contribution in [0.3, 0.4) is 0 Å². The summed E-state index contributed by atoms with van der Waals surface area (Å²) in [6, 6.07) is 5.85. The molecule has 5 nitrogen and oxygen atoms in total. The molecular formula is C16H27NO4. The number of hydrogen-bond acceptors (Lipinski definition) is 5. The van der Waals surface area contributed by atoms with E-state index in [2.05, 4.69) is 12.2 Å². The summed E-state index contributed by atoms with van der Waals surface area (Å²) in [4.78, 5) is 0. The van der Waals surface area contributed by atoms with Gasteiger partial charge >= 0.3 is 0 Å². The molecule has 1 N–H and O–H groups in total. The second-order valence-corrected chi connectivity index (χ2v) is 4.60. The molecule has 21 heavy (non-hydrogen) atoms. The zero-order chi connectivity index (χ0) is 15.3. The molecule has 120 valence electrons. The molecule has 0 saturated carbocycles. The molecule has 0 spiro atoms. The van der Waals surface area contributed by atoms with E-state index in [-0.39, 0.29) is 0 Å². The van der Waals surface area contributed by atoms with Gasteiger partial charge in [0, 0.05) is 19.2 Å². The average Bonchev–Trinajstić information content (AvgIpc) is 2.52. The number of methoxy groups -OCH3 is 2. The fourth-order valence-electron chi connectivity index (χ4n) is 1.82. The van der Waals surface area contributed by atoms with Gasteiger partial charge in [-0.2, -0.15) is 0 Å². The van der Waals surface area contributed by atoms with Crippen molar-refractivity contribution in [3.63, 3.8) is 0 Å². The maximum atomic E-state index is 5.79. The Bertz CT molecular complexity index is 385. The van der Waals surface area contributed by atoms with Crippen LogP contribution in [0, 0.1) is 0 Å². The van der Waals surface area contributed by atoms with Crippen LogP contribution in [0.2, 0.25) is 0 Å². The summed E-state index contributed by atoms with van der Waals surface area (Å²) >= 11 is 0. The van der Waals surface area contributed by atoms with Crippen molar-refractivity contribution in [2.75, 3.05) is 47.2 Å². The number of ether oxygens (including phenoxy) is 4. The lowest BCUT2D eigenvalue weighted by Gasteiger charge is -2.13. The van der Waals surface area contributed by atoms with Crippen LogP contribution in [-0.4, -0.2) is 47.2 Å². The zero-order valence-electron chi connectivity index (χ0n) is 13.3. The summed E-state index contributed by atoms with van der Waals surface area (Å²) in [7, 11) is 3.33. The monoisotopic (exact) mass is 297 g/mol. The molecule has 0 fully saturated rings. The third kappa shape index (κ3) is 7.32. The molecule has 1 rings (SSSR count). The van der Waals surface area contributed by atoms with Gasteiger partial charge in [-0.3, -0.25) is 0 Å². The van der Waals surface area contributed by atoms with Gasteiger partial charge in [0.25, 0.3) is 0 Å². The summed E-state index contributed by atoms with van der Waals surface area (Å²) in [6.07, 6.45) is 1.10. The Morgan fingerprint density at radius 3 is 2.57 bits per heavy atom. The first-order chi connectivity index (χ1) is 10.3. The minimum Gasteiger partial charge on any atom is -0.497 e. The Kier molecular flexibility index (Phi) is 9.61. The maximum Gasteiger partial charge on any atom is 0.124 e. The SMILES string of the molecule is CCCNCc1cc(OC)ccc1OCCOCCOC. The van der Waals surface area contributed by atoms with Crippen LogP contribution in [0.5, 0.6) is 11.5 Å². The normalized spacial score (nSPS) is 10.6. The van der Waals surface area contributed by atoms with E-state index in [4.69, 9.17) is 18.9 Å². The number of hydrogen-bond donors (Lipinski definition) is 1. The molecule has 0 aliphatic heterocycles. The zero-order valence-corrected chi connectivity index (χ0v) is 13.3. The van der Waals surface area contributed by atoms with Crippen LogP contribution in [-0.2, 0) is 16.0 Å². The first-order valence-corrected chi connectivity index (χ1v) is 7.39. The molecule has 1 aromatic carbocycles. The first-order valence-electron chi connectivity index (χ1n) is 7.39. The van der Waals surface area contributed by atoms with E-state index >= 15 is 0 Å². The van der Waals surface area contributed by atoms with Crippen LogP contribution in [0.25, 0.3) is 0 Å². The van der Waals surface area contributed by atoms with Crippen LogP contribution in [0.15, 0.2) is 18.2 Å². The highest BCUT2D eigenvalue weighted by Crippen LogP contribution is 2.24. The van der Waals surface area contributed by atoms with Crippen LogP contribution in [0.1, 0.15) is 18.9 Å². The van der Waals surface area contributed by atoms with Gasteiger partial charge in [-0.25, -0.2) is 0 Å². The van der Waals surface area contributed by atoms with E-state index < -0.39 is 0 Å². The van der Waals surface area contributed by atoms with Crippen molar-refractivity contribution in [2.45, 2.75) is 19.9 Å². The second-order valence-electron chi connectivity index (χ2n) is 4.60. The predicted octanol–water partition coefficient (Wildman–Crippen LogP) is 2.24. The first kappa shape index (κ1) is 17.8. The Balaban J connectivity index is 2.46. The van der Waals surface area contributed by atoms with Crippen molar-refractivity contribution in [3.05, 3.63) is 23.8 Å². The molecule has 0 bridgehead atoms. The summed E-state index contributed by atoms with van der Waals surface area (Å²) in [5.74, 6) is 1.71. The van der Waals surface area contributed by atoms with E-state index in [1.165, 1.54) is 0 Å². The molecule has 5 heteroatoms. The second kappa shape index (κ2) is 11.4. The average molecular weight is 297 g/mol. The van der Waals surface area contributed by atoms with E-state index in [1.807, 2.05) is 18.2 Å². The Morgan fingerprint density at radius 2 is 1.86 bits per heavy atom. The highest BCUT2D eigenvalue weighted by atomic mass is 16.5. The molecule has 1 aromatic rings. The summed E-state index contributed by atoms with van der Waals surface area (Å²) < 4.78 is 21.4. The predicted molar refractivity (Wildman–Crippen MR) is 83.2 cm³/mol. The topological polar surface area (TPSA) is 49.0 Å². The van der Waals surface area contributed by atoms with Gasteiger partial charge in [-0.1, -0.05) is 6.92 Å². The molecule has 0 radical (unpaired) electrons. The number of benzene rings is 1. The minimum atomic E-state index is 0.525. The minimum absolute atomic E-state index is 0.525. The van der Waals surface area contributed by atoms with E-state index in [0.29, 0.717) is 26.4 Å². The number of rotatable bonds is 12. The summed E-state index contributed by atoms with van der Waals surface area (Å²) in [6.45, 7) is 6.17. The largest absolute Gasteiger partial charge is 0.497 e. The van der Waals surface area contributed by atoms with E-state index in [1.54, 1.807) is 14.2 Å². The van der Waals surface area contributed by atoms with Crippen molar-refractivity contribution >= 4 is 0 Å². The van der Waals surface area contributed by atoms with Crippen LogP contribution in [0.4, 0.5) is 0 Å². The van der Waals surface area contributed by atoms with Gasteiger partial charge < -0.3 is 24.3 Å². The molecular weight excluding hydrogens is 270 g/mol. The Hall–Kier alpha value is -1.30.